The van der Waals surface area contributed by atoms with Gasteiger partial charge in [-0.25, -0.2) is 8.42 Å². The van der Waals surface area contributed by atoms with Gasteiger partial charge in [-0.2, -0.15) is 17.5 Å². The molecule has 2 aliphatic rings. The Kier molecular flexibility index (Phi) is 5.44. The Hall–Kier alpha value is -1.90. The van der Waals surface area contributed by atoms with E-state index in [1.54, 1.807) is 0 Å². The van der Waals surface area contributed by atoms with Gasteiger partial charge in [0.25, 0.3) is 0 Å². The quantitative estimate of drug-likeness (QED) is 0.734. The van der Waals surface area contributed by atoms with Gasteiger partial charge in [0.15, 0.2) is 0 Å². The van der Waals surface area contributed by atoms with Gasteiger partial charge >= 0.3 is 6.18 Å². The molecular weight excluding hydrogens is 401 g/mol. The fourth-order valence-corrected chi connectivity index (χ4v) is 5.56. The van der Waals surface area contributed by atoms with Crippen LogP contribution in [0.1, 0.15) is 24.0 Å². The molecule has 0 amide bonds. The van der Waals surface area contributed by atoms with Crippen LogP contribution < -0.4 is 0 Å². The molecule has 1 unspecified atom stereocenters. The first-order chi connectivity index (χ1) is 13.7. The van der Waals surface area contributed by atoms with Crippen molar-refractivity contribution >= 4 is 10.0 Å². The van der Waals surface area contributed by atoms with Crippen molar-refractivity contribution in [2.45, 2.75) is 42.4 Å². The maximum absolute atomic E-state index is 13.3. The molecule has 2 aromatic carbocycles. The van der Waals surface area contributed by atoms with Crippen LogP contribution in [0.5, 0.6) is 0 Å². The fraction of sp³-hybridized carbons (Fsp3) is 0.429. The summed E-state index contributed by atoms with van der Waals surface area (Å²) in [6, 6.07) is 13.8. The van der Waals surface area contributed by atoms with Crippen molar-refractivity contribution < 1.29 is 21.6 Å². The van der Waals surface area contributed by atoms with Crippen LogP contribution >= 0.6 is 0 Å². The average Bonchev–Trinajstić information content (AvgIpc) is 3.53. The molecule has 2 aromatic rings. The molecule has 1 aliphatic carbocycles. The van der Waals surface area contributed by atoms with Crippen LogP contribution in [-0.2, 0) is 22.6 Å². The third-order valence-corrected chi connectivity index (χ3v) is 7.59. The Morgan fingerprint density at radius 3 is 2.17 bits per heavy atom. The molecule has 1 heterocycles. The van der Waals surface area contributed by atoms with Crippen molar-refractivity contribution in [3.05, 3.63) is 65.7 Å². The fourth-order valence-electron chi connectivity index (χ4n) is 3.95. The second-order valence-corrected chi connectivity index (χ2v) is 9.60. The molecule has 0 radical (unpaired) electrons. The van der Waals surface area contributed by atoms with Crippen molar-refractivity contribution in [2.24, 2.45) is 0 Å². The molecule has 1 saturated carbocycles. The summed E-state index contributed by atoms with van der Waals surface area (Å²) in [4.78, 5) is 2.25. The molecule has 4 nitrogen and oxygen atoms in total. The van der Waals surface area contributed by atoms with Crippen molar-refractivity contribution in [2.75, 3.05) is 19.6 Å². The summed E-state index contributed by atoms with van der Waals surface area (Å²) < 4.78 is 66.5. The Bertz CT molecular complexity index is 942. The monoisotopic (exact) mass is 424 g/mol. The number of piperazine rings is 1. The number of hydrogen-bond acceptors (Lipinski definition) is 3. The third-order valence-electron chi connectivity index (χ3n) is 5.63. The zero-order valence-corrected chi connectivity index (χ0v) is 16.7. The maximum Gasteiger partial charge on any atom is 0.416 e. The Morgan fingerprint density at radius 2 is 1.59 bits per heavy atom. The average molecular weight is 424 g/mol. The lowest BCUT2D eigenvalue weighted by Gasteiger charge is -2.41. The smallest absolute Gasteiger partial charge is 0.297 e. The number of nitrogens with zero attached hydrogens (tertiary/aromatic N) is 2. The van der Waals surface area contributed by atoms with E-state index in [1.807, 2.05) is 30.3 Å². The minimum atomic E-state index is -4.49. The molecule has 2 fully saturated rings. The zero-order chi connectivity index (χ0) is 20.6. The van der Waals surface area contributed by atoms with Crippen molar-refractivity contribution in [1.29, 1.82) is 0 Å². The number of halogens is 3. The van der Waals surface area contributed by atoms with Crippen LogP contribution in [0.2, 0.25) is 0 Å². The molecule has 0 spiro atoms. The topological polar surface area (TPSA) is 40.6 Å². The van der Waals surface area contributed by atoms with Crippen LogP contribution in [0.15, 0.2) is 59.5 Å². The summed E-state index contributed by atoms with van der Waals surface area (Å²) in [5.74, 6) is 0. The van der Waals surface area contributed by atoms with Crippen LogP contribution in [0.4, 0.5) is 13.2 Å². The van der Waals surface area contributed by atoms with E-state index in [9.17, 15) is 21.6 Å². The van der Waals surface area contributed by atoms with Gasteiger partial charge in [0.1, 0.15) is 0 Å². The molecule has 156 valence electrons. The van der Waals surface area contributed by atoms with E-state index in [2.05, 4.69) is 4.90 Å². The number of benzene rings is 2. The summed E-state index contributed by atoms with van der Waals surface area (Å²) in [6.07, 6.45) is -1.63. The third kappa shape index (κ3) is 4.49. The molecular formula is C21H23F3N2O2S. The lowest BCUT2D eigenvalue weighted by Crippen LogP contribution is -2.56. The van der Waals surface area contributed by atoms with Gasteiger partial charge in [0.2, 0.25) is 10.0 Å². The van der Waals surface area contributed by atoms with E-state index >= 15 is 0 Å². The van der Waals surface area contributed by atoms with Gasteiger partial charge < -0.3 is 0 Å². The maximum atomic E-state index is 13.3. The van der Waals surface area contributed by atoms with Gasteiger partial charge in [-0.1, -0.05) is 30.3 Å². The highest BCUT2D eigenvalue weighted by Gasteiger charge is 2.40. The molecule has 29 heavy (non-hydrogen) atoms. The first kappa shape index (κ1) is 20.4. The van der Waals surface area contributed by atoms with E-state index in [0.29, 0.717) is 32.1 Å². The van der Waals surface area contributed by atoms with Crippen molar-refractivity contribution in [3.63, 3.8) is 0 Å². The standard InChI is InChI=1S/C21H23F3N2O2S/c22-21(23,24)17-6-10-20(11-7-17)29(27,28)26-13-12-25(18-8-9-18)15-19(26)14-16-4-2-1-3-5-16/h1-7,10-11,18-19H,8-9,12-15H2. The molecule has 0 N–H and O–H groups in total. The lowest BCUT2D eigenvalue weighted by atomic mass is 10.0. The van der Waals surface area contributed by atoms with Crippen LogP contribution in [0.25, 0.3) is 0 Å². The van der Waals surface area contributed by atoms with E-state index in [-0.39, 0.29) is 10.9 Å². The van der Waals surface area contributed by atoms with Gasteiger partial charge in [-0.3, -0.25) is 4.90 Å². The molecule has 0 bridgehead atoms. The summed E-state index contributed by atoms with van der Waals surface area (Å²) in [6.45, 7) is 1.63. The predicted octanol–water partition coefficient (Wildman–Crippen LogP) is 3.79. The molecule has 4 rings (SSSR count). The summed E-state index contributed by atoms with van der Waals surface area (Å²) in [7, 11) is -3.88. The van der Waals surface area contributed by atoms with E-state index in [1.165, 1.54) is 4.31 Å². The highest BCUT2D eigenvalue weighted by Crippen LogP contribution is 2.33. The largest absolute Gasteiger partial charge is 0.416 e. The lowest BCUT2D eigenvalue weighted by molar-refractivity contribution is -0.137. The summed E-state index contributed by atoms with van der Waals surface area (Å²) in [5, 5.41) is 0. The van der Waals surface area contributed by atoms with Gasteiger partial charge in [-0.05, 0) is 49.1 Å². The summed E-state index contributed by atoms with van der Waals surface area (Å²) >= 11 is 0. The molecule has 8 heteroatoms. The number of hydrogen-bond donors (Lipinski definition) is 0. The van der Waals surface area contributed by atoms with Gasteiger partial charge in [0, 0.05) is 31.7 Å². The molecule has 1 saturated heterocycles. The van der Waals surface area contributed by atoms with Crippen molar-refractivity contribution in [1.82, 2.24) is 9.21 Å². The van der Waals surface area contributed by atoms with Crippen LogP contribution in [-0.4, -0.2) is 49.3 Å². The zero-order valence-electron chi connectivity index (χ0n) is 15.8. The van der Waals surface area contributed by atoms with Crippen LogP contribution in [0.3, 0.4) is 0 Å². The number of rotatable bonds is 5. The van der Waals surface area contributed by atoms with E-state index < -0.39 is 21.8 Å². The van der Waals surface area contributed by atoms with Crippen molar-refractivity contribution in [3.8, 4) is 0 Å². The first-order valence-electron chi connectivity index (χ1n) is 9.72. The minimum absolute atomic E-state index is 0.0940. The second-order valence-electron chi connectivity index (χ2n) is 7.71. The van der Waals surface area contributed by atoms with Gasteiger partial charge in [-0.15, -0.1) is 0 Å². The normalized spacial score (nSPS) is 22.0. The highest BCUT2D eigenvalue weighted by molar-refractivity contribution is 7.89. The van der Waals surface area contributed by atoms with Gasteiger partial charge in [0.05, 0.1) is 10.5 Å². The minimum Gasteiger partial charge on any atom is -0.297 e. The second kappa shape index (κ2) is 7.74. The molecule has 1 aliphatic heterocycles. The van der Waals surface area contributed by atoms with Crippen LogP contribution in [0, 0.1) is 0 Å². The SMILES string of the molecule is O=S(=O)(c1ccc(C(F)(F)F)cc1)N1CCN(C2CC2)CC1Cc1ccccc1. The molecule has 1 atom stereocenters. The Morgan fingerprint density at radius 1 is 0.931 bits per heavy atom. The Balaban J connectivity index is 1.60. The highest BCUT2D eigenvalue weighted by atomic mass is 32.2. The Labute approximate surface area is 169 Å². The van der Waals surface area contributed by atoms with E-state index in [0.717, 1.165) is 42.7 Å². The van der Waals surface area contributed by atoms with E-state index in [4.69, 9.17) is 0 Å². The number of sulfonamides is 1. The first-order valence-corrected chi connectivity index (χ1v) is 11.2. The number of alkyl halides is 3. The molecule has 0 aromatic heterocycles. The predicted molar refractivity (Wildman–Crippen MR) is 104 cm³/mol. The summed E-state index contributed by atoms with van der Waals surface area (Å²) in [5.41, 5.74) is 0.193.